The summed E-state index contributed by atoms with van der Waals surface area (Å²) in [6, 6.07) is 27.6. The van der Waals surface area contributed by atoms with Crippen LogP contribution in [-0.2, 0) is 32.6 Å². The molecule has 0 fully saturated rings. The molecule has 0 radical (unpaired) electrons. The number of carbonyl (C=O) groups is 2. The van der Waals surface area contributed by atoms with Crippen LogP contribution in [0.2, 0.25) is 10.0 Å². The van der Waals surface area contributed by atoms with Gasteiger partial charge in [-0.2, -0.15) is 0 Å². The van der Waals surface area contributed by atoms with Crippen LogP contribution in [0.5, 0.6) is 5.75 Å². The number of anilines is 1. The summed E-state index contributed by atoms with van der Waals surface area (Å²) in [7, 11) is -2.74. The molecule has 1 atom stereocenters. The summed E-state index contributed by atoms with van der Waals surface area (Å²) < 4.78 is 34.6. The van der Waals surface area contributed by atoms with E-state index in [0.29, 0.717) is 11.3 Å². The number of amides is 2. The third-order valence-electron chi connectivity index (χ3n) is 7.00. The molecule has 242 valence electrons. The van der Waals surface area contributed by atoms with Crippen molar-refractivity contribution in [2.45, 2.75) is 50.2 Å². The number of ether oxygens (including phenoxy) is 1. The predicted molar refractivity (Wildman–Crippen MR) is 183 cm³/mol. The maximum Gasteiger partial charge on any atom is 0.264 e. The van der Waals surface area contributed by atoms with Crippen molar-refractivity contribution in [2.75, 3.05) is 18.0 Å². The Kier molecular flexibility index (Phi) is 11.4. The predicted octanol–water partition coefficient (Wildman–Crippen LogP) is 6.75. The molecule has 0 aromatic heterocycles. The van der Waals surface area contributed by atoms with Gasteiger partial charge in [-0.05, 0) is 74.4 Å². The van der Waals surface area contributed by atoms with Crippen molar-refractivity contribution in [3.8, 4) is 5.75 Å². The first-order valence-corrected chi connectivity index (χ1v) is 16.8. The molecule has 0 aliphatic rings. The van der Waals surface area contributed by atoms with E-state index in [4.69, 9.17) is 27.9 Å². The molecule has 11 heteroatoms. The lowest BCUT2D eigenvalue weighted by molar-refractivity contribution is -0.140. The molecule has 0 aliphatic heterocycles. The van der Waals surface area contributed by atoms with Crippen LogP contribution in [0.3, 0.4) is 0 Å². The topological polar surface area (TPSA) is 96.0 Å². The first-order valence-electron chi connectivity index (χ1n) is 14.6. The van der Waals surface area contributed by atoms with E-state index in [1.54, 1.807) is 43.5 Å². The summed E-state index contributed by atoms with van der Waals surface area (Å²) in [5.74, 6) is -0.412. The molecule has 46 heavy (non-hydrogen) atoms. The lowest BCUT2D eigenvalue weighted by atomic mass is 10.0. The molecular formula is C35H37Cl2N3O5S. The van der Waals surface area contributed by atoms with Gasteiger partial charge in [-0.1, -0.05) is 83.9 Å². The van der Waals surface area contributed by atoms with Crippen molar-refractivity contribution in [3.05, 3.63) is 124 Å². The third-order valence-corrected chi connectivity index (χ3v) is 9.23. The van der Waals surface area contributed by atoms with E-state index in [1.807, 2.05) is 57.2 Å². The quantitative estimate of drug-likeness (QED) is 0.178. The van der Waals surface area contributed by atoms with Gasteiger partial charge in [-0.15, -0.1) is 0 Å². The van der Waals surface area contributed by atoms with Crippen molar-refractivity contribution in [3.63, 3.8) is 0 Å². The van der Waals surface area contributed by atoms with Gasteiger partial charge in [0, 0.05) is 28.5 Å². The smallest absolute Gasteiger partial charge is 0.264 e. The molecule has 4 aromatic rings. The summed E-state index contributed by atoms with van der Waals surface area (Å²) in [4.78, 5) is 30.0. The fourth-order valence-electron chi connectivity index (χ4n) is 4.91. The molecule has 1 N–H and O–H groups in total. The third kappa shape index (κ3) is 9.25. The van der Waals surface area contributed by atoms with Gasteiger partial charge >= 0.3 is 0 Å². The molecule has 4 aromatic carbocycles. The Morgan fingerprint density at radius 1 is 0.826 bits per heavy atom. The summed E-state index contributed by atoms with van der Waals surface area (Å²) in [5, 5.41) is 3.41. The number of benzene rings is 4. The SMILES string of the molecule is COc1cccc(CN(C(=O)CN(c2cc(Cl)cc(Cl)c2)S(=O)(=O)c2ccccc2)C(Cc2ccccc2)C(=O)NC(C)(C)C)c1. The van der Waals surface area contributed by atoms with Crippen LogP contribution in [0.15, 0.2) is 108 Å². The van der Waals surface area contributed by atoms with Gasteiger partial charge in [-0.3, -0.25) is 13.9 Å². The van der Waals surface area contributed by atoms with Crippen molar-refractivity contribution in [1.29, 1.82) is 0 Å². The van der Waals surface area contributed by atoms with E-state index in [2.05, 4.69) is 5.32 Å². The average molecular weight is 683 g/mol. The fraction of sp³-hybridized carbons (Fsp3) is 0.257. The second-order valence-electron chi connectivity index (χ2n) is 11.8. The Bertz CT molecular complexity index is 1740. The van der Waals surface area contributed by atoms with Crippen LogP contribution in [0, 0.1) is 0 Å². The first-order chi connectivity index (χ1) is 21.8. The lowest BCUT2D eigenvalue weighted by Crippen LogP contribution is -2.56. The molecule has 0 spiro atoms. The van der Waals surface area contributed by atoms with Gasteiger partial charge in [0.05, 0.1) is 17.7 Å². The number of halogens is 2. The number of hydrogen-bond donors (Lipinski definition) is 1. The normalized spacial score (nSPS) is 12.2. The van der Waals surface area contributed by atoms with Gasteiger partial charge in [0.2, 0.25) is 11.8 Å². The van der Waals surface area contributed by atoms with Gasteiger partial charge in [0.1, 0.15) is 18.3 Å². The van der Waals surface area contributed by atoms with Crippen LogP contribution in [-0.4, -0.2) is 50.4 Å². The highest BCUT2D eigenvalue weighted by Crippen LogP contribution is 2.30. The molecule has 0 saturated carbocycles. The fourth-order valence-corrected chi connectivity index (χ4v) is 6.84. The molecular weight excluding hydrogens is 645 g/mol. The Morgan fingerprint density at radius 3 is 2.00 bits per heavy atom. The lowest BCUT2D eigenvalue weighted by Gasteiger charge is -2.35. The number of rotatable bonds is 12. The van der Waals surface area contributed by atoms with E-state index in [-0.39, 0.29) is 39.5 Å². The Labute approximate surface area is 280 Å². The summed E-state index contributed by atoms with van der Waals surface area (Å²) >= 11 is 12.6. The zero-order chi connectivity index (χ0) is 33.5. The highest BCUT2D eigenvalue weighted by atomic mass is 35.5. The Hall–Kier alpha value is -4.05. The maximum absolute atomic E-state index is 14.6. The van der Waals surface area contributed by atoms with Crippen molar-refractivity contribution < 1.29 is 22.7 Å². The minimum Gasteiger partial charge on any atom is -0.497 e. The van der Waals surface area contributed by atoms with Gasteiger partial charge in [0.25, 0.3) is 10.0 Å². The zero-order valence-corrected chi connectivity index (χ0v) is 28.4. The number of carbonyl (C=O) groups excluding carboxylic acids is 2. The number of methoxy groups -OCH3 is 1. The molecule has 4 rings (SSSR count). The maximum atomic E-state index is 14.6. The molecule has 0 saturated heterocycles. The second kappa shape index (κ2) is 15.0. The van der Waals surface area contributed by atoms with Crippen molar-refractivity contribution >= 4 is 50.7 Å². The summed E-state index contributed by atoms with van der Waals surface area (Å²) in [5.41, 5.74) is 1.03. The summed E-state index contributed by atoms with van der Waals surface area (Å²) in [6.07, 6.45) is 0.187. The van der Waals surface area contributed by atoms with E-state index in [9.17, 15) is 18.0 Å². The van der Waals surface area contributed by atoms with Gasteiger partial charge in [0.15, 0.2) is 0 Å². The highest BCUT2D eigenvalue weighted by Gasteiger charge is 2.35. The largest absolute Gasteiger partial charge is 0.497 e. The highest BCUT2D eigenvalue weighted by molar-refractivity contribution is 7.92. The standard InChI is InChI=1S/C35H37Cl2N3O5S/c1-35(2,3)38-34(42)32(19-25-12-7-5-8-13-25)39(23-26-14-11-15-30(18-26)45-4)33(41)24-40(29-21-27(36)20-28(37)22-29)46(43,44)31-16-9-6-10-17-31/h5-18,20-22,32H,19,23-24H2,1-4H3,(H,38,42). The minimum absolute atomic E-state index is 0.000618. The van der Waals surface area contributed by atoms with E-state index in [1.165, 1.54) is 35.2 Å². The number of sulfonamides is 1. The Morgan fingerprint density at radius 2 is 1.41 bits per heavy atom. The minimum atomic E-state index is -4.29. The number of nitrogens with one attached hydrogen (secondary N) is 1. The molecule has 2 amide bonds. The van der Waals surface area contributed by atoms with Crippen molar-refractivity contribution in [1.82, 2.24) is 10.2 Å². The average Bonchev–Trinajstić information content (AvgIpc) is 3.01. The first kappa shape index (κ1) is 34.8. The van der Waals surface area contributed by atoms with Crippen molar-refractivity contribution in [2.24, 2.45) is 0 Å². The van der Waals surface area contributed by atoms with E-state index >= 15 is 0 Å². The van der Waals surface area contributed by atoms with Crippen LogP contribution >= 0.6 is 23.2 Å². The van der Waals surface area contributed by atoms with Crippen LogP contribution in [0.1, 0.15) is 31.9 Å². The Balaban J connectivity index is 1.84. The molecule has 0 aliphatic carbocycles. The molecule has 1 unspecified atom stereocenters. The van der Waals surface area contributed by atoms with E-state index in [0.717, 1.165) is 9.87 Å². The molecule has 0 heterocycles. The molecule has 0 bridgehead atoms. The number of nitrogens with zero attached hydrogens (tertiary/aromatic N) is 2. The zero-order valence-electron chi connectivity index (χ0n) is 26.1. The molecule has 8 nitrogen and oxygen atoms in total. The number of hydrogen-bond acceptors (Lipinski definition) is 5. The van der Waals surface area contributed by atoms with Crippen LogP contribution in [0.25, 0.3) is 0 Å². The van der Waals surface area contributed by atoms with Crippen LogP contribution in [0.4, 0.5) is 5.69 Å². The van der Waals surface area contributed by atoms with Gasteiger partial charge in [-0.25, -0.2) is 8.42 Å². The van der Waals surface area contributed by atoms with E-state index < -0.39 is 34.1 Å². The summed E-state index contributed by atoms with van der Waals surface area (Å²) in [6.45, 7) is 4.94. The van der Waals surface area contributed by atoms with Gasteiger partial charge < -0.3 is 15.0 Å². The monoisotopic (exact) mass is 681 g/mol. The second-order valence-corrected chi connectivity index (χ2v) is 14.5. The van der Waals surface area contributed by atoms with Crippen LogP contribution < -0.4 is 14.4 Å².